The van der Waals surface area contributed by atoms with Crippen LogP contribution in [0.2, 0.25) is 0 Å². The molecule has 82 valence electrons. The van der Waals surface area contributed by atoms with E-state index < -0.39 is 0 Å². The van der Waals surface area contributed by atoms with Gasteiger partial charge in [0.05, 0.1) is 6.04 Å². The van der Waals surface area contributed by atoms with Gasteiger partial charge in [-0.15, -0.1) is 0 Å². The number of likely N-dealkylation sites (N-methyl/N-ethyl adjacent to an activating group) is 1. The Morgan fingerprint density at radius 1 is 1.57 bits per heavy atom. The summed E-state index contributed by atoms with van der Waals surface area (Å²) >= 11 is 0. The largest absolute Gasteiger partial charge is 0.368 e. The van der Waals surface area contributed by atoms with Gasteiger partial charge in [0, 0.05) is 12.6 Å². The van der Waals surface area contributed by atoms with E-state index in [0.717, 1.165) is 6.42 Å². The molecule has 0 heterocycles. The molecule has 1 aliphatic carbocycles. The second-order valence-corrected chi connectivity index (χ2v) is 4.13. The molecular formula is C10H21N3O. The Bertz CT molecular complexity index is 204. The van der Waals surface area contributed by atoms with Gasteiger partial charge >= 0.3 is 0 Å². The van der Waals surface area contributed by atoms with Gasteiger partial charge in [-0.2, -0.15) is 0 Å². The van der Waals surface area contributed by atoms with Gasteiger partial charge in [0.25, 0.3) is 0 Å². The van der Waals surface area contributed by atoms with Crippen molar-refractivity contribution in [3.05, 3.63) is 0 Å². The average molecular weight is 199 g/mol. The summed E-state index contributed by atoms with van der Waals surface area (Å²) < 4.78 is 0. The molecule has 0 saturated heterocycles. The Hall–Kier alpha value is -0.610. The van der Waals surface area contributed by atoms with Gasteiger partial charge in [-0.3, -0.25) is 9.69 Å². The molecule has 1 amide bonds. The standard InChI is InChI=1S/C10H21N3O/c1-3-8(10(12)14)13(2)9(6-11)7-4-5-7/h7-9H,3-6,11H2,1-2H3,(H2,12,14). The number of primary amides is 1. The van der Waals surface area contributed by atoms with Gasteiger partial charge < -0.3 is 11.5 Å². The van der Waals surface area contributed by atoms with Crippen molar-refractivity contribution in [1.29, 1.82) is 0 Å². The minimum absolute atomic E-state index is 0.163. The first-order valence-corrected chi connectivity index (χ1v) is 5.33. The van der Waals surface area contributed by atoms with Gasteiger partial charge in [-0.05, 0) is 32.2 Å². The molecule has 4 nitrogen and oxygen atoms in total. The molecule has 4 heteroatoms. The number of nitrogens with two attached hydrogens (primary N) is 2. The smallest absolute Gasteiger partial charge is 0.234 e. The van der Waals surface area contributed by atoms with E-state index in [1.54, 1.807) is 0 Å². The SMILES string of the molecule is CCC(C(N)=O)N(C)C(CN)C1CC1. The van der Waals surface area contributed by atoms with Crippen molar-refractivity contribution < 1.29 is 4.79 Å². The van der Waals surface area contributed by atoms with Crippen molar-refractivity contribution in [3.8, 4) is 0 Å². The Morgan fingerprint density at radius 2 is 2.14 bits per heavy atom. The summed E-state index contributed by atoms with van der Waals surface area (Å²) in [5.74, 6) is 0.437. The van der Waals surface area contributed by atoms with Gasteiger partial charge in [0.15, 0.2) is 0 Å². The number of carbonyl (C=O) groups is 1. The Kier molecular flexibility index (Phi) is 3.89. The molecule has 0 aromatic carbocycles. The molecule has 1 rings (SSSR count). The first-order chi connectivity index (χ1) is 6.61. The predicted molar refractivity (Wildman–Crippen MR) is 56.6 cm³/mol. The van der Waals surface area contributed by atoms with Crippen LogP contribution in [0.4, 0.5) is 0 Å². The molecule has 0 radical (unpaired) electrons. The van der Waals surface area contributed by atoms with E-state index in [-0.39, 0.29) is 11.9 Å². The minimum atomic E-state index is -0.242. The summed E-state index contributed by atoms with van der Waals surface area (Å²) in [5.41, 5.74) is 11.1. The summed E-state index contributed by atoms with van der Waals surface area (Å²) in [6, 6.07) is 0.164. The van der Waals surface area contributed by atoms with Crippen LogP contribution in [-0.4, -0.2) is 36.5 Å². The Labute approximate surface area is 85.6 Å². The van der Waals surface area contributed by atoms with E-state index in [1.807, 2.05) is 14.0 Å². The lowest BCUT2D eigenvalue weighted by molar-refractivity contribution is -0.123. The highest BCUT2D eigenvalue weighted by Gasteiger charge is 2.36. The molecule has 1 aliphatic rings. The zero-order valence-corrected chi connectivity index (χ0v) is 9.07. The van der Waals surface area contributed by atoms with E-state index in [2.05, 4.69) is 4.90 Å². The lowest BCUT2D eigenvalue weighted by atomic mass is 10.1. The summed E-state index contributed by atoms with van der Waals surface area (Å²) in [5, 5.41) is 0. The predicted octanol–water partition coefficient (Wildman–Crippen LogP) is -0.0806. The summed E-state index contributed by atoms with van der Waals surface area (Å²) in [7, 11) is 1.95. The van der Waals surface area contributed by atoms with Crippen LogP contribution in [0.3, 0.4) is 0 Å². The molecule has 14 heavy (non-hydrogen) atoms. The maximum atomic E-state index is 11.2. The lowest BCUT2D eigenvalue weighted by Gasteiger charge is -2.32. The number of carbonyl (C=O) groups excluding carboxylic acids is 1. The molecule has 4 N–H and O–H groups in total. The van der Waals surface area contributed by atoms with E-state index >= 15 is 0 Å². The van der Waals surface area contributed by atoms with Crippen LogP contribution in [0.15, 0.2) is 0 Å². The number of rotatable bonds is 6. The monoisotopic (exact) mass is 199 g/mol. The summed E-state index contributed by atoms with van der Waals surface area (Å²) in [6.45, 7) is 2.59. The van der Waals surface area contributed by atoms with Crippen LogP contribution in [0.5, 0.6) is 0 Å². The van der Waals surface area contributed by atoms with Crippen molar-refractivity contribution in [2.24, 2.45) is 17.4 Å². The highest BCUT2D eigenvalue weighted by molar-refractivity contribution is 5.79. The summed E-state index contributed by atoms with van der Waals surface area (Å²) in [4.78, 5) is 13.2. The molecule has 0 aromatic rings. The zero-order chi connectivity index (χ0) is 10.7. The molecule has 0 aromatic heterocycles. The highest BCUT2D eigenvalue weighted by atomic mass is 16.1. The Balaban J connectivity index is 2.58. The number of hydrogen-bond acceptors (Lipinski definition) is 3. The van der Waals surface area contributed by atoms with Crippen molar-refractivity contribution in [3.63, 3.8) is 0 Å². The minimum Gasteiger partial charge on any atom is -0.368 e. The van der Waals surface area contributed by atoms with Crippen molar-refractivity contribution >= 4 is 5.91 Å². The van der Waals surface area contributed by atoms with Gasteiger partial charge in [0.2, 0.25) is 5.91 Å². The molecule has 0 spiro atoms. The van der Waals surface area contributed by atoms with Gasteiger partial charge in [0.1, 0.15) is 0 Å². The quantitative estimate of drug-likeness (QED) is 0.628. The third kappa shape index (κ3) is 2.45. The average Bonchev–Trinajstić information content (AvgIpc) is 2.90. The maximum absolute atomic E-state index is 11.2. The number of nitrogens with zero attached hydrogens (tertiary/aromatic N) is 1. The molecule has 1 saturated carbocycles. The second-order valence-electron chi connectivity index (χ2n) is 4.13. The highest BCUT2D eigenvalue weighted by Crippen LogP contribution is 2.35. The van der Waals surface area contributed by atoms with Crippen LogP contribution in [0.25, 0.3) is 0 Å². The molecule has 2 atom stereocenters. The third-order valence-corrected chi connectivity index (χ3v) is 3.14. The fraction of sp³-hybridized carbons (Fsp3) is 0.900. The first-order valence-electron chi connectivity index (χ1n) is 5.33. The van der Waals surface area contributed by atoms with E-state index in [1.165, 1.54) is 12.8 Å². The van der Waals surface area contributed by atoms with Crippen LogP contribution in [0.1, 0.15) is 26.2 Å². The van der Waals surface area contributed by atoms with Crippen molar-refractivity contribution in [2.45, 2.75) is 38.3 Å². The second kappa shape index (κ2) is 4.75. The molecule has 0 aliphatic heterocycles. The number of hydrogen-bond donors (Lipinski definition) is 2. The van der Waals surface area contributed by atoms with Crippen LogP contribution < -0.4 is 11.5 Å². The Morgan fingerprint density at radius 3 is 2.43 bits per heavy atom. The maximum Gasteiger partial charge on any atom is 0.234 e. The number of amides is 1. The first kappa shape index (κ1) is 11.5. The summed E-state index contributed by atoms with van der Waals surface area (Å²) in [6.07, 6.45) is 3.23. The van der Waals surface area contributed by atoms with Crippen molar-refractivity contribution in [2.75, 3.05) is 13.6 Å². The molecule has 2 unspecified atom stereocenters. The molecule has 1 fully saturated rings. The third-order valence-electron chi connectivity index (χ3n) is 3.14. The van der Waals surface area contributed by atoms with E-state index in [0.29, 0.717) is 18.5 Å². The molecule has 0 bridgehead atoms. The lowest BCUT2D eigenvalue weighted by Crippen LogP contribution is -2.50. The van der Waals surface area contributed by atoms with Crippen LogP contribution >= 0.6 is 0 Å². The fourth-order valence-electron chi connectivity index (χ4n) is 2.09. The van der Waals surface area contributed by atoms with Crippen LogP contribution in [0, 0.1) is 5.92 Å². The van der Waals surface area contributed by atoms with Crippen LogP contribution in [-0.2, 0) is 4.79 Å². The zero-order valence-electron chi connectivity index (χ0n) is 9.07. The van der Waals surface area contributed by atoms with Crippen molar-refractivity contribution in [1.82, 2.24) is 4.90 Å². The van der Waals surface area contributed by atoms with Gasteiger partial charge in [-0.25, -0.2) is 0 Å². The van der Waals surface area contributed by atoms with E-state index in [9.17, 15) is 4.79 Å². The normalized spacial score (nSPS) is 20.9. The fourth-order valence-corrected chi connectivity index (χ4v) is 2.09. The van der Waals surface area contributed by atoms with Gasteiger partial charge in [-0.1, -0.05) is 6.92 Å². The van der Waals surface area contributed by atoms with E-state index in [4.69, 9.17) is 11.5 Å². The topological polar surface area (TPSA) is 72.4 Å². The molecular weight excluding hydrogens is 178 g/mol.